The van der Waals surface area contributed by atoms with Crippen LogP contribution in [0.4, 0.5) is 5.82 Å². The fourth-order valence-corrected chi connectivity index (χ4v) is 8.23. The van der Waals surface area contributed by atoms with Crippen LogP contribution in [-0.2, 0) is 45.9 Å². The summed E-state index contributed by atoms with van der Waals surface area (Å²) in [7, 11) is -16.3. The number of aliphatic hydroxyl groups excluding tert-OH is 2. The number of aromatic nitrogens is 4. The Balaban J connectivity index is 1.53. The number of fused-ring (bicyclic) bond motifs is 1. The molecule has 23 nitrogen and oxygen atoms in total. The third-order valence-electron chi connectivity index (χ3n) is 7.10. The van der Waals surface area contributed by atoms with Crippen LogP contribution in [0.2, 0.25) is 0 Å². The van der Waals surface area contributed by atoms with Gasteiger partial charge in [0, 0.05) is 30.7 Å². The van der Waals surface area contributed by atoms with Gasteiger partial charge in [-0.1, -0.05) is 27.7 Å². The van der Waals surface area contributed by atoms with Gasteiger partial charge in [0.15, 0.2) is 17.7 Å². The number of phosphoric ester groups is 3. The van der Waals surface area contributed by atoms with Gasteiger partial charge in [0.2, 0.25) is 11.8 Å². The summed E-state index contributed by atoms with van der Waals surface area (Å²) in [5.41, 5.74) is 4.32. The Morgan fingerprint density at radius 3 is 2.40 bits per heavy atom. The molecule has 10 N–H and O–H groups in total. The van der Waals surface area contributed by atoms with Crippen molar-refractivity contribution in [1.82, 2.24) is 30.2 Å². The Morgan fingerprint density at radius 1 is 1.08 bits per heavy atom. The zero-order valence-corrected chi connectivity index (χ0v) is 32.0. The second-order valence-electron chi connectivity index (χ2n) is 12.5. The number of nitrogens with one attached hydrogen (secondary N) is 2. The lowest BCUT2D eigenvalue weighted by atomic mass is 9.87. The molecule has 0 aliphatic carbocycles. The lowest BCUT2D eigenvalue weighted by molar-refractivity contribution is -0.137. The lowest BCUT2D eigenvalue weighted by Gasteiger charge is -2.30. The number of nitrogens with zero attached hydrogens (tertiary/aromatic N) is 4. The summed E-state index contributed by atoms with van der Waals surface area (Å²) < 4.78 is 62.0. The van der Waals surface area contributed by atoms with Crippen LogP contribution in [-0.4, -0.2) is 123 Å². The topological polar surface area (TPSA) is 347 Å². The number of imidazole rings is 1. The minimum atomic E-state index is -5.54. The summed E-state index contributed by atoms with van der Waals surface area (Å²) in [5.74, 6) is 0.931. The zero-order valence-electron chi connectivity index (χ0n) is 28.5. The maximum absolute atomic E-state index is 12.6. The molecule has 0 spiro atoms. The molecule has 0 aromatic carbocycles. The van der Waals surface area contributed by atoms with Gasteiger partial charge in [-0.2, -0.15) is 16.1 Å². The molecule has 1 saturated heterocycles. The van der Waals surface area contributed by atoms with E-state index in [1.807, 2.05) is 0 Å². The smallest absolute Gasteiger partial charge is 0.386 e. The molecule has 7 atom stereocenters. The highest BCUT2D eigenvalue weighted by molar-refractivity contribution is 7.99. The third kappa shape index (κ3) is 13.3. The predicted octanol–water partition coefficient (Wildman–Crippen LogP) is -0.206. The predicted molar refractivity (Wildman–Crippen MR) is 182 cm³/mol. The van der Waals surface area contributed by atoms with Gasteiger partial charge in [-0.05, 0) is 11.7 Å². The Kier molecular flexibility index (Phi) is 15.7. The van der Waals surface area contributed by atoms with Gasteiger partial charge >= 0.3 is 23.5 Å². The van der Waals surface area contributed by atoms with E-state index in [0.717, 1.165) is 28.7 Å². The standard InChI is InChI=1S/C25H44N7O16P3S/c1-14(2)10-52-8-7-27-16(33)5-6-28-23(36)20(35)25(3,4)11-45-51(42,43)48-50(40,41)44-9-15-19(47-49(37,38)39)18(34)24(46-15)32-13-31-17-21(26)29-12-30-22(17)32/h12-15,18-20,24,34-35H,5-11H2,1-4H3,(H,27,33)(H,28,36)(H,40,41)(H,42,43)(H2,26,29,30)(H2,37,38,39)/t15-,18-,19-,20+,24-/m1/s1. The molecule has 296 valence electrons. The van der Waals surface area contributed by atoms with Crippen molar-refractivity contribution < 1.29 is 75.7 Å². The van der Waals surface area contributed by atoms with E-state index >= 15 is 0 Å². The second-order valence-corrected chi connectivity index (χ2v) is 17.9. The van der Waals surface area contributed by atoms with Gasteiger partial charge in [-0.15, -0.1) is 0 Å². The summed E-state index contributed by atoms with van der Waals surface area (Å²) in [6, 6.07) is 0. The molecular formula is C25H44N7O16P3S. The van der Waals surface area contributed by atoms with E-state index in [2.05, 4.69) is 48.3 Å². The molecular weight excluding hydrogens is 779 g/mol. The number of hydrogen-bond donors (Lipinski definition) is 9. The first-order chi connectivity index (χ1) is 24.0. The van der Waals surface area contributed by atoms with E-state index in [1.54, 1.807) is 11.8 Å². The van der Waals surface area contributed by atoms with Crippen molar-refractivity contribution in [1.29, 1.82) is 0 Å². The number of ether oxygens (including phenoxy) is 1. The van der Waals surface area contributed by atoms with Crippen molar-refractivity contribution in [3.8, 4) is 0 Å². The monoisotopic (exact) mass is 823 g/mol. The van der Waals surface area contributed by atoms with Crippen molar-refractivity contribution in [3.63, 3.8) is 0 Å². The van der Waals surface area contributed by atoms with Crippen LogP contribution >= 0.6 is 35.2 Å². The number of phosphoric acid groups is 3. The zero-order chi connectivity index (χ0) is 39.1. The van der Waals surface area contributed by atoms with Gasteiger partial charge < -0.3 is 50.9 Å². The SMILES string of the molecule is CC(C)CSCCNC(=O)CCNC(=O)[C@H](O)C(C)(C)COP(=O)(O)OP(=O)(O)OC[C@H]1O[C@@H](n2cnc3c(N)ncnc32)[C@H](O)[C@@H]1OP(=O)(O)O. The van der Waals surface area contributed by atoms with Crippen LogP contribution in [0, 0.1) is 11.3 Å². The first-order valence-electron chi connectivity index (χ1n) is 15.5. The molecule has 2 amide bonds. The van der Waals surface area contributed by atoms with Crippen molar-refractivity contribution in [2.24, 2.45) is 11.3 Å². The molecule has 1 fully saturated rings. The van der Waals surface area contributed by atoms with Crippen molar-refractivity contribution in [2.45, 2.75) is 64.8 Å². The fourth-order valence-electron chi connectivity index (χ4n) is 4.52. The normalized spacial score (nSPS) is 22.6. The fraction of sp³-hybridized carbons (Fsp3) is 0.720. The first-order valence-corrected chi connectivity index (χ1v) is 21.2. The number of rotatable bonds is 21. The van der Waals surface area contributed by atoms with Crippen LogP contribution in [0.25, 0.3) is 11.2 Å². The molecule has 2 unspecified atom stereocenters. The number of nitrogens with two attached hydrogens (primary N) is 1. The summed E-state index contributed by atoms with van der Waals surface area (Å²) in [5, 5.41) is 26.5. The summed E-state index contributed by atoms with van der Waals surface area (Å²) in [6.07, 6.45) is -6.70. The second kappa shape index (κ2) is 18.5. The summed E-state index contributed by atoms with van der Waals surface area (Å²) in [4.78, 5) is 75.3. The van der Waals surface area contributed by atoms with E-state index in [1.165, 1.54) is 13.8 Å². The van der Waals surface area contributed by atoms with Crippen molar-refractivity contribution in [3.05, 3.63) is 12.7 Å². The van der Waals surface area contributed by atoms with E-state index in [0.29, 0.717) is 12.5 Å². The Morgan fingerprint density at radius 2 is 1.75 bits per heavy atom. The van der Waals surface area contributed by atoms with Crippen LogP contribution in [0.5, 0.6) is 0 Å². The van der Waals surface area contributed by atoms with Crippen molar-refractivity contribution in [2.75, 3.05) is 43.5 Å². The maximum Gasteiger partial charge on any atom is 0.481 e. The molecule has 2 aromatic heterocycles. The number of amides is 2. The number of thioether (sulfide) groups is 1. The highest BCUT2D eigenvalue weighted by Crippen LogP contribution is 2.61. The quantitative estimate of drug-likeness (QED) is 0.0581. The number of hydrogen-bond acceptors (Lipinski definition) is 17. The Hall–Kier alpha value is -2.11. The molecule has 0 bridgehead atoms. The van der Waals surface area contributed by atoms with Crippen molar-refractivity contribution >= 4 is 64.0 Å². The van der Waals surface area contributed by atoms with E-state index in [-0.39, 0.29) is 35.9 Å². The highest BCUT2D eigenvalue weighted by atomic mass is 32.2. The van der Waals surface area contributed by atoms with Gasteiger partial charge in [0.1, 0.15) is 36.3 Å². The molecule has 2 aromatic rings. The number of carbonyl (C=O) groups excluding carboxylic acids is 2. The van der Waals surface area contributed by atoms with Gasteiger partial charge in [-0.3, -0.25) is 27.7 Å². The first kappa shape index (κ1) is 44.3. The number of nitrogen functional groups attached to an aromatic ring is 1. The van der Waals surface area contributed by atoms with E-state index < -0.39 is 78.6 Å². The van der Waals surface area contributed by atoms with Crippen LogP contribution in [0.3, 0.4) is 0 Å². The molecule has 27 heteroatoms. The minimum absolute atomic E-state index is 0.0342. The Bertz CT molecular complexity index is 1680. The van der Waals surface area contributed by atoms with E-state index in [4.69, 9.17) is 19.5 Å². The molecule has 3 rings (SSSR count). The van der Waals surface area contributed by atoms with Gasteiger partial charge in [0.05, 0.1) is 19.5 Å². The van der Waals surface area contributed by atoms with E-state index in [9.17, 15) is 53.1 Å². The number of carbonyl (C=O) groups is 2. The lowest BCUT2D eigenvalue weighted by Crippen LogP contribution is -2.46. The average molecular weight is 824 g/mol. The molecule has 3 heterocycles. The maximum atomic E-state index is 12.6. The minimum Gasteiger partial charge on any atom is -0.386 e. The largest absolute Gasteiger partial charge is 0.481 e. The summed E-state index contributed by atoms with van der Waals surface area (Å²) >= 11 is 1.69. The van der Waals surface area contributed by atoms with Gasteiger partial charge in [0.25, 0.3) is 0 Å². The highest BCUT2D eigenvalue weighted by Gasteiger charge is 2.50. The molecule has 52 heavy (non-hydrogen) atoms. The Labute approximate surface area is 301 Å². The van der Waals surface area contributed by atoms with Crippen LogP contribution < -0.4 is 16.4 Å². The van der Waals surface area contributed by atoms with Gasteiger partial charge in [-0.25, -0.2) is 28.6 Å². The molecule has 0 saturated carbocycles. The number of anilines is 1. The third-order valence-corrected chi connectivity index (χ3v) is 11.6. The molecule has 1 aliphatic heterocycles. The van der Waals surface area contributed by atoms with Crippen LogP contribution in [0.1, 0.15) is 40.3 Å². The molecule has 0 radical (unpaired) electrons. The summed E-state index contributed by atoms with van der Waals surface area (Å²) in [6.45, 7) is 5.09. The van der Waals surface area contributed by atoms with Crippen LogP contribution in [0.15, 0.2) is 12.7 Å². The average Bonchev–Trinajstić information content (AvgIpc) is 3.58. The molecule has 1 aliphatic rings. The number of aliphatic hydroxyl groups is 2.